The van der Waals surface area contributed by atoms with Gasteiger partial charge in [-0.25, -0.2) is 0 Å². The predicted molar refractivity (Wildman–Crippen MR) is 118 cm³/mol. The molecule has 0 amide bonds. The molecule has 0 aromatic rings. The minimum absolute atomic E-state index is 0.118. The van der Waals surface area contributed by atoms with Gasteiger partial charge in [0.15, 0.2) is 5.78 Å². The average molecular weight is 387 g/mol. The third-order valence-electron chi connectivity index (χ3n) is 7.72. The molecule has 0 spiro atoms. The van der Waals surface area contributed by atoms with Gasteiger partial charge in [-0.05, 0) is 82.1 Å². The molecule has 3 rings (SSSR count). The Hall–Kier alpha value is -1.18. The quantitative estimate of drug-likeness (QED) is 0.479. The highest BCUT2D eigenvalue weighted by atomic mass is 16.1. The van der Waals surface area contributed by atoms with Crippen LogP contribution in [0.15, 0.2) is 22.8 Å². The maximum Gasteiger partial charge on any atom is 0.155 e. The fourth-order valence-electron chi connectivity index (χ4n) is 5.54. The minimum atomic E-state index is -0.118. The van der Waals surface area contributed by atoms with Crippen LogP contribution in [-0.4, -0.2) is 11.6 Å². The largest absolute Gasteiger partial charge is 0.299 e. The van der Waals surface area contributed by atoms with E-state index in [1.165, 1.54) is 37.7 Å². The first kappa shape index (κ1) is 23.1. The van der Waals surface area contributed by atoms with Crippen LogP contribution in [0.2, 0.25) is 0 Å². The maximum absolute atomic E-state index is 12.0. The van der Waals surface area contributed by atoms with Gasteiger partial charge in [0.2, 0.25) is 0 Å². The number of Topliss-reactive ketones (excluding diaryl/α,β-unsaturated/α-hetero) is 1. The van der Waals surface area contributed by atoms with Crippen molar-refractivity contribution in [1.82, 2.24) is 0 Å². The third-order valence-corrected chi connectivity index (χ3v) is 7.72. The number of hydrogen-bond acceptors (Lipinski definition) is 2. The highest BCUT2D eigenvalue weighted by Crippen LogP contribution is 2.53. The molecule has 0 bridgehead atoms. The topological polar surface area (TPSA) is 34.1 Å². The van der Waals surface area contributed by atoms with E-state index in [-0.39, 0.29) is 5.41 Å². The second-order valence-electron chi connectivity index (χ2n) is 10.6. The smallest absolute Gasteiger partial charge is 0.155 e. The van der Waals surface area contributed by atoms with Gasteiger partial charge in [-0.3, -0.25) is 9.59 Å². The van der Waals surface area contributed by atoms with Crippen molar-refractivity contribution in [2.45, 2.75) is 106 Å². The van der Waals surface area contributed by atoms with Gasteiger partial charge in [0, 0.05) is 11.8 Å². The van der Waals surface area contributed by atoms with Crippen molar-refractivity contribution in [2.75, 3.05) is 0 Å². The van der Waals surface area contributed by atoms with E-state index in [0.717, 1.165) is 25.7 Å². The molecule has 28 heavy (non-hydrogen) atoms. The summed E-state index contributed by atoms with van der Waals surface area (Å²) in [6.45, 7) is 15.2. The Labute approximate surface area is 173 Å². The van der Waals surface area contributed by atoms with E-state index < -0.39 is 0 Å². The monoisotopic (exact) mass is 386 g/mol. The molecule has 0 aromatic heterocycles. The summed E-state index contributed by atoms with van der Waals surface area (Å²) < 4.78 is 0. The molecular weight excluding hydrogens is 344 g/mol. The summed E-state index contributed by atoms with van der Waals surface area (Å²) in [6, 6.07) is 0. The van der Waals surface area contributed by atoms with Crippen LogP contribution in [-0.2, 0) is 9.59 Å². The second kappa shape index (κ2) is 9.09. The summed E-state index contributed by atoms with van der Waals surface area (Å²) in [7, 11) is 0. The Morgan fingerprint density at radius 2 is 1.86 bits per heavy atom. The lowest BCUT2D eigenvalue weighted by Gasteiger charge is -2.47. The van der Waals surface area contributed by atoms with Crippen molar-refractivity contribution in [3.05, 3.63) is 22.8 Å². The summed E-state index contributed by atoms with van der Waals surface area (Å²) in [5, 5.41) is 0. The molecule has 0 heterocycles. The lowest BCUT2D eigenvalue weighted by atomic mass is 9.57. The summed E-state index contributed by atoms with van der Waals surface area (Å²) >= 11 is 0. The van der Waals surface area contributed by atoms with Crippen LogP contribution in [0.5, 0.6) is 0 Å². The van der Waals surface area contributed by atoms with E-state index >= 15 is 0 Å². The summed E-state index contributed by atoms with van der Waals surface area (Å²) in [6.07, 6.45) is 12.2. The van der Waals surface area contributed by atoms with Crippen LogP contribution < -0.4 is 0 Å². The normalized spacial score (nSPS) is 32.1. The van der Waals surface area contributed by atoms with E-state index in [0.29, 0.717) is 28.8 Å². The first-order valence-electron chi connectivity index (χ1n) is 11.4. The average Bonchev–Trinajstić information content (AvgIpc) is 2.56. The molecule has 0 fully saturated rings. The number of allylic oxidation sites excluding steroid dienone is 4. The van der Waals surface area contributed by atoms with Crippen molar-refractivity contribution in [2.24, 2.45) is 22.7 Å². The van der Waals surface area contributed by atoms with Gasteiger partial charge in [0.25, 0.3) is 0 Å². The third kappa shape index (κ3) is 5.24. The van der Waals surface area contributed by atoms with Gasteiger partial charge in [-0.1, -0.05) is 57.8 Å². The SMILES string of the molecule is CC(=O)C1(C)CC2=C(CCCC2(C)C)CC1C.CCCC1CC(=O)C=C(C)C1. The van der Waals surface area contributed by atoms with Crippen LogP contribution >= 0.6 is 0 Å². The van der Waals surface area contributed by atoms with Crippen LogP contribution in [0.3, 0.4) is 0 Å². The summed E-state index contributed by atoms with van der Waals surface area (Å²) in [4.78, 5) is 23.1. The number of rotatable bonds is 3. The van der Waals surface area contributed by atoms with Crippen molar-refractivity contribution in [3.8, 4) is 0 Å². The fourth-order valence-corrected chi connectivity index (χ4v) is 5.54. The van der Waals surface area contributed by atoms with E-state index in [9.17, 15) is 9.59 Å². The van der Waals surface area contributed by atoms with E-state index in [2.05, 4.69) is 41.5 Å². The fraction of sp³-hybridized carbons (Fsp3) is 0.769. The van der Waals surface area contributed by atoms with Gasteiger partial charge in [-0.2, -0.15) is 0 Å². The lowest BCUT2D eigenvalue weighted by Crippen LogP contribution is -2.40. The molecule has 158 valence electrons. The Balaban J connectivity index is 0.000000221. The summed E-state index contributed by atoms with van der Waals surface area (Å²) in [5.41, 5.74) is 4.75. The van der Waals surface area contributed by atoms with Gasteiger partial charge in [0.1, 0.15) is 5.78 Å². The van der Waals surface area contributed by atoms with Gasteiger partial charge in [0.05, 0.1) is 0 Å². The predicted octanol–water partition coefficient (Wildman–Crippen LogP) is 7.23. The molecule has 3 unspecified atom stereocenters. The zero-order chi connectivity index (χ0) is 21.1. The molecule has 0 saturated carbocycles. The Bertz CT molecular complexity index is 664. The molecule has 0 radical (unpaired) electrons. The maximum atomic E-state index is 12.0. The zero-order valence-electron chi connectivity index (χ0n) is 19.4. The zero-order valence-corrected chi connectivity index (χ0v) is 19.4. The first-order chi connectivity index (χ1) is 13.0. The summed E-state index contributed by atoms with van der Waals surface area (Å²) in [5.74, 6) is 1.84. The number of ketones is 2. The second-order valence-corrected chi connectivity index (χ2v) is 10.6. The highest BCUT2D eigenvalue weighted by molar-refractivity contribution is 5.91. The van der Waals surface area contributed by atoms with E-state index in [1.54, 1.807) is 24.1 Å². The highest BCUT2D eigenvalue weighted by Gasteiger charge is 2.45. The molecular formula is C26H42O2. The van der Waals surface area contributed by atoms with Crippen molar-refractivity contribution >= 4 is 11.6 Å². The molecule has 2 nitrogen and oxygen atoms in total. The molecule has 0 aromatic carbocycles. The van der Waals surface area contributed by atoms with Crippen LogP contribution in [0.25, 0.3) is 0 Å². The van der Waals surface area contributed by atoms with Crippen molar-refractivity contribution in [1.29, 1.82) is 0 Å². The van der Waals surface area contributed by atoms with Crippen molar-refractivity contribution in [3.63, 3.8) is 0 Å². The van der Waals surface area contributed by atoms with Crippen LogP contribution in [0, 0.1) is 22.7 Å². The van der Waals surface area contributed by atoms with Crippen LogP contribution in [0.1, 0.15) is 106 Å². The Kier molecular flexibility index (Phi) is 7.50. The standard InChI is InChI=1S/C16H26O.C10H16O/c1-11-9-13-7-6-8-15(3,4)14(13)10-16(11,5)12(2)17;1-3-4-9-5-8(2)6-10(11)7-9/h11H,6-10H2,1-5H3;6,9H,3-5,7H2,1-2H3. The first-order valence-corrected chi connectivity index (χ1v) is 11.4. The number of carbonyl (C=O) groups excluding carboxylic acids is 2. The number of carbonyl (C=O) groups is 2. The molecule has 2 heteroatoms. The molecule has 3 aliphatic rings. The Morgan fingerprint density at radius 3 is 2.43 bits per heavy atom. The molecule has 0 saturated heterocycles. The molecule has 3 aliphatic carbocycles. The van der Waals surface area contributed by atoms with Crippen LogP contribution in [0.4, 0.5) is 0 Å². The molecule has 0 aliphatic heterocycles. The van der Waals surface area contributed by atoms with Gasteiger partial charge >= 0.3 is 0 Å². The number of hydrogen-bond donors (Lipinski definition) is 0. The van der Waals surface area contributed by atoms with Crippen molar-refractivity contribution < 1.29 is 9.59 Å². The minimum Gasteiger partial charge on any atom is -0.299 e. The lowest BCUT2D eigenvalue weighted by molar-refractivity contribution is -0.129. The molecule has 3 atom stereocenters. The van der Waals surface area contributed by atoms with E-state index in [1.807, 2.05) is 0 Å². The van der Waals surface area contributed by atoms with E-state index in [4.69, 9.17) is 0 Å². The van der Waals surface area contributed by atoms with Gasteiger partial charge < -0.3 is 0 Å². The molecule has 0 N–H and O–H groups in total. The van der Waals surface area contributed by atoms with Gasteiger partial charge in [-0.15, -0.1) is 0 Å². The Morgan fingerprint density at radius 1 is 1.18 bits per heavy atom.